The molecule has 0 saturated carbocycles. The van der Waals surface area contributed by atoms with E-state index in [-0.39, 0.29) is 5.41 Å². The van der Waals surface area contributed by atoms with Crippen molar-refractivity contribution in [3.63, 3.8) is 0 Å². The number of hydrogen-bond donors (Lipinski definition) is 0. The maximum atomic E-state index is 5.04. The fourth-order valence-corrected chi connectivity index (χ4v) is 8.89. The number of benzene rings is 8. The molecule has 11 rings (SSSR count). The summed E-state index contributed by atoms with van der Waals surface area (Å²) in [6, 6.07) is 66.9. The smallest absolute Gasteiger partial charge is 0.164 e. The highest BCUT2D eigenvalue weighted by Crippen LogP contribution is 2.51. The molecule has 0 fully saturated rings. The van der Waals surface area contributed by atoms with E-state index < -0.39 is 0 Å². The molecule has 2 aromatic heterocycles. The van der Waals surface area contributed by atoms with E-state index >= 15 is 0 Å². The maximum absolute atomic E-state index is 5.04. The van der Waals surface area contributed by atoms with Gasteiger partial charge < -0.3 is 4.57 Å². The fraction of sp³-hybridized carbons (Fsp3) is 0.0556. The Morgan fingerprint density at radius 1 is 0.397 bits per heavy atom. The van der Waals surface area contributed by atoms with Gasteiger partial charge in [0, 0.05) is 44.9 Å². The Morgan fingerprint density at radius 3 is 1.59 bits per heavy atom. The average Bonchev–Trinajstić information content (AvgIpc) is 3.79. The lowest BCUT2D eigenvalue weighted by Crippen LogP contribution is -2.15. The highest BCUT2D eigenvalue weighted by atomic mass is 15.0. The third-order valence-corrected chi connectivity index (χ3v) is 11.9. The molecule has 0 saturated heterocycles. The topological polar surface area (TPSA) is 43.6 Å². The highest BCUT2D eigenvalue weighted by Gasteiger charge is 2.36. The van der Waals surface area contributed by atoms with Crippen molar-refractivity contribution in [1.82, 2.24) is 19.5 Å². The molecule has 4 nitrogen and oxygen atoms in total. The molecule has 1 aliphatic rings. The third-order valence-electron chi connectivity index (χ3n) is 11.9. The van der Waals surface area contributed by atoms with Crippen LogP contribution in [-0.2, 0) is 5.41 Å². The van der Waals surface area contributed by atoms with Crippen LogP contribution in [0.4, 0.5) is 0 Å². The van der Waals surface area contributed by atoms with E-state index in [0.29, 0.717) is 17.5 Å². The highest BCUT2D eigenvalue weighted by molar-refractivity contribution is 6.14. The number of nitrogens with zero attached hydrogens (tertiary/aromatic N) is 4. The minimum Gasteiger partial charge on any atom is -0.316 e. The van der Waals surface area contributed by atoms with E-state index in [0.717, 1.165) is 22.4 Å². The second kappa shape index (κ2) is 13.4. The minimum atomic E-state index is -0.242. The van der Waals surface area contributed by atoms with Gasteiger partial charge in [0.15, 0.2) is 17.5 Å². The summed E-state index contributed by atoms with van der Waals surface area (Å²) in [5, 5.41) is 3.77. The van der Waals surface area contributed by atoms with E-state index in [1.54, 1.807) is 0 Å². The summed E-state index contributed by atoms with van der Waals surface area (Å²) in [4.78, 5) is 15.0. The Bertz CT molecular complexity index is 3120. The van der Waals surface area contributed by atoms with Crippen LogP contribution in [0.1, 0.15) is 25.0 Å². The van der Waals surface area contributed by atoms with E-state index in [4.69, 9.17) is 15.0 Å². The summed E-state index contributed by atoms with van der Waals surface area (Å²) in [5.74, 6) is 2.00. The van der Waals surface area contributed by atoms with Crippen LogP contribution < -0.4 is 0 Å². The van der Waals surface area contributed by atoms with Gasteiger partial charge in [0.1, 0.15) is 0 Å². The summed E-state index contributed by atoms with van der Waals surface area (Å²) in [6.45, 7) is 4.67. The van der Waals surface area contributed by atoms with Crippen molar-refractivity contribution in [2.24, 2.45) is 0 Å². The minimum absolute atomic E-state index is 0.242. The maximum Gasteiger partial charge on any atom is 0.164 e. The molecule has 0 radical (unpaired) electrons. The first-order valence-electron chi connectivity index (χ1n) is 19.9. The zero-order valence-electron chi connectivity index (χ0n) is 32.3. The number of para-hydroxylation sites is 1. The molecule has 2 heterocycles. The van der Waals surface area contributed by atoms with Crippen LogP contribution in [-0.4, -0.2) is 19.5 Å². The molecular weight excluding hydrogens is 705 g/mol. The second-order valence-electron chi connectivity index (χ2n) is 15.7. The van der Waals surface area contributed by atoms with Crippen molar-refractivity contribution in [1.29, 1.82) is 0 Å². The lowest BCUT2D eigenvalue weighted by molar-refractivity contribution is 0.661. The summed E-state index contributed by atoms with van der Waals surface area (Å²) in [5.41, 5.74) is 15.0. The van der Waals surface area contributed by atoms with Gasteiger partial charge in [0.2, 0.25) is 0 Å². The molecule has 8 aromatic carbocycles. The van der Waals surface area contributed by atoms with Crippen molar-refractivity contribution in [3.05, 3.63) is 205 Å². The van der Waals surface area contributed by atoms with E-state index in [1.807, 2.05) is 36.4 Å². The zero-order chi connectivity index (χ0) is 38.8. The van der Waals surface area contributed by atoms with Crippen molar-refractivity contribution in [3.8, 4) is 73.2 Å². The van der Waals surface area contributed by atoms with Crippen LogP contribution in [0.3, 0.4) is 0 Å². The SMILES string of the molecule is CC1(C)c2cc(-c3cccc(-c4cn(-c5ccccc5)c5ccc6ccccc6c45)c3)ccc2-c2ccc(-c3nc(-c4ccccc4)nc(-c4ccccc4)n3)cc21. The van der Waals surface area contributed by atoms with Gasteiger partial charge in [0.05, 0.1) is 5.52 Å². The number of fused-ring (bicyclic) bond motifs is 6. The van der Waals surface area contributed by atoms with Gasteiger partial charge in [-0.3, -0.25) is 0 Å². The standard InChI is InChI=1S/C54H38N4/c1-54(2)47-32-39(38-20-14-21-40(31-38)46-34-58(42-22-10-5-11-23-42)49-30-27-35-15-12-13-24-43(35)50(46)49)25-28-44(47)45-29-26-41(33-48(45)54)53-56-51(36-16-6-3-7-17-36)55-52(57-53)37-18-8-4-9-19-37/h3-34H,1-2H3. The van der Waals surface area contributed by atoms with Crippen molar-refractivity contribution in [2.45, 2.75) is 19.3 Å². The monoisotopic (exact) mass is 742 g/mol. The van der Waals surface area contributed by atoms with Crippen LogP contribution in [0.5, 0.6) is 0 Å². The quantitative estimate of drug-likeness (QED) is 0.170. The lowest BCUT2D eigenvalue weighted by atomic mass is 9.81. The van der Waals surface area contributed by atoms with Crippen molar-refractivity contribution < 1.29 is 0 Å². The van der Waals surface area contributed by atoms with Gasteiger partial charge >= 0.3 is 0 Å². The van der Waals surface area contributed by atoms with Gasteiger partial charge in [-0.2, -0.15) is 0 Å². The number of rotatable bonds is 6. The third kappa shape index (κ3) is 5.56. The molecule has 4 heteroatoms. The molecule has 0 unspecified atom stereocenters. The van der Waals surface area contributed by atoms with Crippen LogP contribution in [0.15, 0.2) is 194 Å². The Balaban J connectivity index is 0.991. The Morgan fingerprint density at radius 2 is 0.914 bits per heavy atom. The van der Waals surface area contributed by atoms with Crippen molar-refractivity contribution >= 4 is 21.7 Å². The molecule has 1 aliphatic carbocycles. The summed E-state index contributed by atoms with van der Waals surface area (Å²) < 4.78 is 2.33. The Hall–Kier alpha value is -7.43. The number of aromatic nitrogens is 4. The van der Waals surface area contributed by atoms with Gasteiger partial charge in [-0.05, 0) is 86.1 Å². The number of hydrogen-bond acceptors (Lipinski definition) is 3. The molecular formula is C54H38N4. The molecule has 0 spiro atoms. The van der Waals surface area contributed by atoms with Crippen LogP contribution in [0, 0.1) is 0 Å². The molecule has 274 valence electrons. The molecule has 0 N–H and O–H groups in total. The first-order valence-corrected chi connectivity index (χ1v) is 19.9. The van der Waals surface area contributed by atoms with Crippen LogP contribution >= 0.6 is 0 Å². The fourth-order valence-electron chi connectivity index (χ4n) is 8.89. The molecule has 10 aromatic rings. The normalized spacial score (nSPS) is 12.8. The Labute approximate surface area is 337 Å². The van der Waals surface area contributed by atoms with Crippen LogP contribution in [0.2, 0.25) is 0 Å². The predicted molar refractivity (Wildman–Crippen MR) is 239 cm³/mol. The molecule has 0 aliphatic heterocycles. The first kappa shape index (κ1) is 33.9. The Kier molecular flexibility index (Phi) is 7.80. The van der Waals surface area contributed by atoms with Gasteiger partial charge in [-0.15, -0.1) is 0 Å². The largest absolute Gasteiger partial charge is 0.316 e. The second-order valence-corrected chi connectivity index (χ2v) is 15.7. The molecule has 0 atom stereocenters. The molecule has 0 bridgehead atoms. The van der Waals surface area contributed by atoms with E-state index in [1.165, 1.54) is 66.2 Å². The van der Waals surface area contributed by atoms with Crippen LogP contribution in [0.25, 0.3) is 94.9 Å². The molecule has 58 heavy (non-hydrogen) atoms. The summed E-state index contributed by atoms with van der Waals surface area (Å²) >= 11 is 0. The van der Waals surface area contributed by atoms with E-state index in [2.05, 4.69) is 176 Å². The van der Waals surface area contributed by atoms with Gasteiger partial charge in [0.25, 0.3) is 0 Å². The first-order chi connectivity index (χ1) is 28.5. The predicted octanol–water partition coefficient (Wildman–Crippen LogP) is 13.6. The van der Waals surface area contributed by atoms with Crippen molar-refractivity contribution in [2.75, 3.05) is 0 Å². The van der Waals surface area contributed by atoms with Gasteiger partial charge in [-0.25, -0.2) is 15.0 Å². The summed E-state index contributed by atoms with van der Waals surface area (Å²) in [7, 11) is 0. The zero-order valence-corrected chi connectivity index (χ0v) is 32.3. The lowest BCUT2D eigenvalue weighted by Gasteiger charge is -2.22. The van der Waals surface area contributed by atoms with Gasteiger partial charge in [-0.1, -0.05) is 166 Å². The average molecular weight is 743 g/mol. The molecule has 0 amide bonds. The van der Waals surface area contributed by atoms with E-state index in [9.17, 15) is 0 Å². The summed E-state index contributed by atoms with van der Waals surface area (Å²) in [6.07, 6.45) is 2.31.